The maximum atomic E-state index is 12.9. The highest BCUT2D eigenvalue weighted by Gasteiger charge is 2.44. The number of methoxy groups -OCH3 is 1. The van der Waals surface area contributed by atoms with Crippen molar-refractivity contribution in [1.29, 1.82) is 0 Å². The number of carbonyl (C=O) groups is 2. The van der Waals surface area contributed by atoms with Crippen molar-refractivity contribution < 1.29 is 14.3 Å². The number of hydrogen-bond acceptors (Lipinski definition) is 3. The molecule has 6 nitrogen and oxygen atoms in total. The van der Waals surface area contributed by atoms with Crippen LogP contribution in [0.15, 0.2) is 24.3 Å². The van der Waals surface area contributed by atoms with Crippen molar-refractivity contribution >= 4 is 23.3 Å². The van der Waals surface area contributed by atoms with Gasteiger partial charge in [-0.05, 0) is 68.1 Å². The van der Waals surface area contributed by atoms with Gasteiger partial charge in [-0.25, -0.2) is 4.79 Å². The van der Waals surface area contributed by atoms with E-state index in [9.17, 15) is 9.59 Å². The smallest absolute Gasteiger partial charge is 0.322 e. The van der Waals surface area contributed by atoms with Crippen LogP contribution in [0.25, 0.3) is 0 Å². The largest absolute Gasteiger partial charge is 0.375 e. The average molecular weight is 357 g/mol. The van der Waals surface area contributed by atoms with Gasteiger partial charge in [-0.15, -0.1) is 0 Å². The van der Waals surface area contributed by atoms with Crippen LogP contribution in [0, 0.1) is 17.8 Å². The number of rotatable bonds is 4. The zero-order valence-electron chi connectivity index (χ0n) is 15.2. The lowest BCUT2D eigenvalue weighted by atomic mass is 9.68. The molecule has 4 atom stereocenters. The normalized spacial score (nSPS) is 29.3. The van der Waals surface area contributed by atoms with Crippen LogP contribution in [0.1, 0.15) is 32.1 Å². The maximum absolute atomic E-state index is 12.9. The lowest BCUT2D eigenvalue weighted by molar-refractivity contribution is -0.119. The molecule has 4 bridgehead atoms. The molecule has 2 saturated heterocycles. The van der Waals surface area contributed by atoms with Gasteiger partial charge in [-0.1, -0.05) is 6.07 Å². The van der Waals surface area contributed by atoms with E-state index in [4.69, 9.17) is 4.74 Å². The molecule has 1 aromatic carbocycles. The molecule has 3 amide bonds. The third kappa shape index (κ3) is 3.70. The molecule has 2 aliphatic heterocycles. The summed E-state index contributed by atoms with van der Waals surface area (Å²) < 4.78 is 4.83. The molecule has 2 unspecified atom stereocenters. The summed E-state index contributed by atoms with van der Waals surface area (Å²) in [5, 5.41) is 5.80. The molecule has 1 aromatic rings. The van der Waals surface area contributed by atoms with Crippen molar-refractivity contribution in [3.05, 3.63) is 24.3 Å². The first kappa shape index (κ1) is 17.3. The second-order valence-electron chi connectivity index (χ2n) is 8.07. The summed E-state index contributed by atoms with van der Waals surface area (Å²) >= 11 is 0. The number of ether oxygens (including phenoxy) is 1. The quantitative estimate of drug-likeness (QED) is 0.868. The number of carbonyl (C=O) groups excluding carboxylic acids is 2. The summed E-state index contributed by atoms with van der Waals surface area (Å²) in [6.07, 6.45) is 6.27. The Labute approximate surface area is 154 Å². The average Bonchev–Trinajstić information content (AvgIpc) is 2.79. The lowest BCUT2D eigenvalue weighted by Gasteiger charge is -2.38. The van der Waals surface area contributed by atoms with Crippen molar-refractivity contribution in [3.8, 4) is 0 Å². The molecule has 4 aliphatic rings. The summed E-state index contributed by atoms with van der Waals surface area (Å²) in [6.45, 7) is 0.892. The maximum Gasteiger partial charge on any atom is 0.322 e. The van der Waals surface area contributed by atoms with Gasteiger partial charge in [0.25, 0.3) is 0 Å². The Bertz CT molecular complexity index is 679. The third-order valence-electron chi connectivity index (χ3n) is 6.04. The fourth-order valence-corrected chi connectivity index (χ4v) is 5.23. The number of fused-ring (bicyclic) bond motifs is 1. The highest BCUT2D eigenvalue weighted by atomic mass is 16.5. The number of nitrogens with zero attached hydrogens (tertiary/aromatic N) is 1. The summed E-state index contributed by atoms with van der Waals surface area (Å²) in [7, 11) is 1.48. The zero-order chi connectivity index (χ0) is 18.1. The van der Waals surface area contributed by atoms with Gasteiger partial charge < -0.3 is 20.3 Å². The predicted molar refractivity (Wildman–Crippen MR) is 100 cm³/mol. The Morgan fingerprint density at radius 2 is 1.69 bits per heavy atom. The van der Waals surface area contributed by atoms with Crippen LogP contribution in [0.3, 0.4) is 0 Å². The van der Waals surface area contributed by atoms with Crippen LogP contribution < -0.4 is 10.6 Å². The molecular weight excluding hydrogens is 330 g/mol. The van der Waals surface area contributed by atoms with Crippen LogP contribution in [0.2, 0.25) is 0 Å². The van der Waals surface area contributed by atoms with Crippen LogP contribution in [0.5, 0.6) is 0 Å². The molecule has 5 rings (SSSR count). The van der Waals surface area contributed by atoms with Crippen LogP contribution in [-0.4, -0.2) is 43.1 Å². The second-order valence-corrected chi connectivity index (χ2v) is 8.07. The van der Waals surface area contributed by atoms with Gasteiger partial charge >= 0.3 is 6.03 Å². The molecule has 2 heterocycles. The molecule has 2 aliphatic carbocycles. The third-order valence-corrected chi connectivity index (χ3v) is 6.04. The van der Waals surface area contributed by atoms with Gasteiger partial charge in [0.1, 0.15) is 6.61 Å². The Morgan fingerprint density at radius 3 is 2.38 bits per heavy atom. The van der Waals surface area contributed by atoms with E-state index < -0.39 is 0 Å². The minimum absolute atomic E-state index is 0.00969. The molecular formula is C20H27N3O3. The van der Waals surface area contributed by atoms with Gasteiger partial charge in [0.05, 0.1) is 0 Å². The van der Waals surface area contributed by atoms with Gasteiger partial charge in [-0.2, -0.15) is 0 Å². The molecule has 140 valence electrons. The first-order valence-corrected chi connectivity index (χ1v) is 9.57. The molecule has 26 heavy (non-hydrogen) atoms. The van der Waals surface area contributed by atoms with Gasteiger partial charge in [0, 0.05) is 31.1 Å². The number of benzene rings is 1. The Balaban J connectivity index is 1.42. The standard InChI is InChI=1S/C20H27N3O3/c1-26-12-19(24)21-16-3-2-4-17(10-16)22-20(25)23-11-15-6-13-5-14(7-15)9-18(23)8-13/h2-4,10,13-15,18H,5-9,11-12H2,1H3,(H,21,24)(H,22,25)/t13-,14+,15?,18?. The summed E-state index contributed by atoms with van der Waals surface area (Å²) in [6, 6.07) is 7.64. The second kappa shape index (κ2) is 7.27. The molecule has 0 spiro atoms. The highest BCUT2D eigenvalue weighted by Crippen LogP contribution is 2.47. The van der Waals surface area contributed by atoms with Gasteiger partial charge in [-0.3, -0.25) is 4.79 Å². The monoisotopic (exact) mass is 357 g/mol. The Kier molecular flexibility index (Phi) is 4.85. The molecule has 0 aromatic heterocycles. The van der Waals surface area contributed by atoms with E-state index in [1.54, 1.807) is 12.1 Å². The van der Waals surface area contributed by atoms with Gasteiger partial charge in [0.15, 0.2) is 0 Å². The van der Waals surface area contributed by atoms with Crippen LogP contribution in [-0.2, 0) is 9.53 Å². The summed E-state index contributed by atoms with van der Waals surface area (Å²) in [5.41, 5.74) is 1.36. The first-order valence-electron chi connectivity index (χ1n) is 9.57. The molecule has 2 N–H and O–H groups in total. The number of amides is 3. The van der Waals surface area contributed by atoms with E-state index in [0.717, 1.165) is 31.2 Å². The van der Waals surface area contributed by atoms with E-state index in [0.29, 0.717) is 23.3 Å². The Hall–Kier alpha value is -2.08. The molecule has 6 heteroatoms. The minimum Gasteiger partial charge on any atom is -0.375 e. The summed E-state index contributed by atoms with van der Waals surface area (Å²) in [5.74, 6) is 2.08. The number of urea groups is 1. The predicted octanol–water partition coefficient (Wildman–Crippen LogP) is 3.31. The van der Waals surface area contributed by atoms with E-state index in [-0.39, 0.29) is 18.5 Å². The first-order chi connectivity index (χ1) is 12.6. The molecule has 2 saturated carbocycles. The number of nitrogens with one attached hydrogen (secondary N) is 2. The fourth-order valence-electron chi connectivity index (χ4n) is 5.23. The van der Waals surface area contributed by atoms with Crippen LogP contribution in [0.4, 0.5) is 16.2 Å². The van der Waals surface area contributed by atoms with Crippen molar-refractivity contribution in [2.45, 2.75) is 38.1 Å². The van der Waals surface area contributed by atoms with Crippen molar-refractivity contribution in [1.82, 2.24) is 4.90 Å². The SMILES string of the molecule is COCC(=O)Nc1cccc(NC(=O)N2CC3C[C@@H]4CC2C[C@H](C3)C4)c1. The lowest BCUT2D eigenvalue weighted by Crippen LogP contribution is -2.44. The van der Waals surface area contributed by atoms with E-state index >= 15 is 0 Å². The molecule has 0 radical (unpaired) electrons. The van der Waals surface area contributed by atoms with E-state index in [1.165, 1.54) is 26.4 Å². The van der Waals surface area contributed by atoms with Crippen molar-refractivity contribution in [3.63, 3.8) is 0 Å². The summed E-state index contributed by atoms with van der Waals surface area (Å²) in [4.78, 5) is 26.7. The van der Waals surface area contributed by atoms with E-state index in [2.05, 4.69) is 15.5 Å². The van der Waals surface area contributed by atoms with Crippen LogP contribution >= 0.6 is 0 Å². The van der Waals surface area contributed by atoms with Gasteiger partial charge in [0.2, 0.25) is 5.91 Å². The number of anilines is 2. The Morgan fingerprint density at radius 1 is 1.04 bits per heavy atom. The van der Waals surface area contributed by atoms with E-state index in [1.807, 2.05) is 12.1 Å². The van der Waals surface area contributed by atoms with Crippen molar-refractivity contribution in [2.24, 2.45) is 17.8 Å². The topological polar surface area (TPSA) is 70.7 Å². The zero-order valence-corrected chi connectivity index (χ0v) is 15.2. The molecule has 4 fully saturated rings. The number of hydrogen-bond donors (Lipinski definition) is 2. The van der Waals surface area contributed by atoms with Crippen molar-refractivity contribution in [2.75, 3.05) is 30.9 Å². The highest BCUT2D eigenvalue weighted by molar-refractivity contribution is 5.94. The fraction of sp³-hybridized carbons (Fsp3) is 0.600. The minimum atomic E-state index is -0.212.